The number of amides is 2. The fourth-order valence-electron chi connectivity index (χ4n) is 3.62. The van der Waals surface area contributed by atoms with Gasteiger partial charge in [0.15, 0.2) is 15.5 Å². The van der Waals surface area contributed by atoms with Gasteiger partial charge < -0.3 is 15.8 Å². The van der Waals surface area contributed by atoms with Crippen LogP contribution < -0.4 is 11.1 Å². The van der Waals surface area contributed by atoms with Crippen LogP contribution in [0.4, 0.5) is 0 Å². The molecular weight excluding hydrogens is 410 g/mol. The van der Waals surface area contributed by atoms with Gasteiger partial charge in [0.25, 0.3) is 11.8 Å². The lowest BCUT2D eigenvalue weighted by atomic mass is 10.0. The number of methoxy groups -OCH3 is 1. The Kier molecular flexibility index (Phi) is 5.00. The maximum Gasteiger partial charge on any atom is 0.270 e. The van der Waals surface area contributed by atoms with Gasteiger partial charge in [-0.1, -0.05) is 18.2 Å². The number of sulfone groups is 1. The van der Waals surface area contributed by atoms with E-state index in [0.717, 1.165) is 0 Å². The van der Waals surface area contributed by atoms with Gasteiger partial charge in [-0.05, 0) is 24.1 Å². The molecule has 1 atom stereocenters. The Morgan fingerprint density at radius 3 is 2.80 bits per heavy atom. The second-order valence-corrected chi connectivity index (χ2v) is 8.93. The fourth-order valence-corrected chi connectivity index (χ4v) is 5.24. The molecule has 1 aliphatic heterocycles. The fraction of sp³-hybridized carbons (Fsp3) is 0.263. The minimum Gasteiger partial charge on any atom is -0.378 e. The lowest BCUT2D eigenvalue weighted by Gasteiger charge is -2.26. The summed E-state index contributed by atoms with van der Waals surface area (Å²) in [6.07, 6.45) is 1.63. The molecular formula is C19H19N5O5S. The van der Waals surface area contributed by atoms with E-state index in [0.29, 0.717) is 5.56 Å². The zero-order valence-corrected chi connectivity index (χ0v) is 16.8. The van der Waals surface area contributed by atoms with Crippen LogP contribution in [0.1, 0.15) is 44.6 Å². The molecule has 0 unspecified atom stereocenters. The van der Waals surface area contributed by atoms with E-state index in [2.05, 4.69) is 15.4 Å². The van der Waals surface area contributed by atoms with E-state index in [1.165, 1.54) is 30.0 Å². The SMILES string of the molecule is COCc1nn2c(C(=O)N[C@@H]3CCS(=O)(=O)c4ccccc43)ccnc2c1C(N)=O. The van der Waals surface area contributed by atoms with Gasteiger partial charge >= 0.3 is 0 Å². The monoisotopic (exact) mass is 429 g/mol. The third-order valence-corrected chi connectivity index (χ3v) is 6.78. The molecule has 3 heterocycles. The van der Waals surface area contributed by atoms with Crippen LogP contribution in [0.3, 0.4) is 0 Å². The Balaban J connectivity index is 1.73. The summed E-state index contributed by atoms with van der Waals surface area (Å²) in [6.45, 7) is 0.0244. The Hall–Kier alpha value is -3.31. The molecule has 0 saturated carbocycles. The molecule has 0 fully saturated rings. The summed E-state index contributed by atoms with van der Waals surface area (Å²) in [5, 5.41) is 7.15. The quantitative estimate of drug-likeness (QED) is 0.604. The number of carbonyl (C=O) groups is 2. The Labute approximate surface area is 172 Å². The number of nitrogens with two attached hydrogens (primary N) is 1. The van der Waals surface area contributed by atoms with Crippen molar-refractivity contribution < 1.29 is 22.7 Å². The predicted molar refractivity (Wildman–Crippen MR) is 106 cm³/mol. The number of nitrogens with zero attached hydrogens (tertiary/aromatic N) is 3. The average Bonchev–Trinajstić information content (AvgIpc) is 3.09. The van der Waals surface area contributed by atoms with E-state index in [4.69, 9.17) is 10.5 Å². The van der Waals surface area contributed by atoms with Crippen LogP contribution in [0.2, 0.25) is 0 Å². The maximum atomic E-state index is 13.0. The van der Waals surface area contributed by atoms with Crippen molar-refractivity contribution in [1.29, 1.82) is 0 Å². The van der Waals surface area contributed by atoms with Crippen molar-refractivity contribution in [1.82, 2.24) is 19.9 Å². The van der Waals surface area contributed by atoms with Gasteiger partial charge in [-0.15, -0.1) is 0 Å². The predicted octanol–water partition coefficient (Wildman–Crippen LogP) is 0.623. The zero-order chi connectivity index (χ0) is 21.5. The molecule has 1 aromatic carbocycles. The molecule has 0 radical (unpaired) electrons. The third kappa shape index (κ3) is 3.31. The Morgan fingerprint density at radius 2 is 2.07 bits per heavy atom. The first-order valence-corrected chi connectivity index (χ1v) is 10.8. The van der Waals surface area contributed by atoms with Gasteiger partial charge in [-0.3, -0.25) is 9.59 Å². The van der Waals surface area contributed by atoms with E-state index in [-0.39, 0.29) is 46.3 Å². The van der Waals surface area contributed by atoms with Crippen molar-refractivity contribution in [2.45, 2.75) is 24.0 Å². The summed E-state index contributed by atoms with van der Waals surface area (Å²) in [5.41, 5.74) is 6.64. The first kappa shape index (κ1) is 20.0. The summed E-state index contributed by atoms with van der Waals surface area (Å²) < 4.78 is 31.0. The Bertz CT molecular complexity index is 1270. The van der Waals surface area contributed by atoms with E-state index in [1.54, 1.807) is 18.2 Å². The van der Waals surface area contributed by atoms with Gasteiger partial charge in [-0.25, -0.2) is 17.9 Å². The summed E-state index contributed by atoms with van der Waals surface area (Å²) >= 11 is 0. The first-order chi connectivity index (χ1) is 14.3. The highest BCUT2D eigenvalue weighted by molar-refractivity contribution is 7.91. The zero-order valence-electron chi connectivity index (χ0n) is 16.0. The highest BCUT2D eigenvalue weighted by Crippen LogP contribution is 2.32. The molecule has 3 N–H and O–H groups in total. The van der Waals surface area contributed by atoms with E-state index < -0.39 is 27.7 Å². The van der Waals surface area contributed by atoms with E-state index >= 15 is 0 Å². The van der Waals surface area contributed by atoms with Crippen molar-refractivity contribution in [2.24, 2.45) is 5.73 Å². The molecule has 30 heavy (non-hydrogen) atoms. The van der Waals surface area contributed by atoms with Crippen molar-refractivity contribution in [3.8, 4) is 0 Å². The van der Waals surface area contributed by atoms with Crippen molar-refractivity contribution in [2.75, 3.05) is 12.9 Å². The summed E-state index contributed by atoms with van der Waals surface area (Å²) in [6, 6.07) is 7.59. The standard InChI is InChI=1S/C19H19N5O5S/c1-29-10-13-16(17(20)25)18-21-8-6-14(24(18)23-13)19(26)22-12-7-9-30(27,28)15-5-3-2-4-11(12)15/h2-6,8,12H,7,9-10H2,1H3,(H2,20,25)(H,22,26)/t12-/m1/s1. The molecule has 0 saturated heterocycles. The number of hydrogen-bond donors (Lipinski definition) is 2. The summed E-state index contributed by atoms with van der Waals surface area (Å²) in [4.78, 5) is 29.3. The summed E-state index contributed by atoms with van der Waals surface area (Å²) in [7, 11) is -1.92. The van der Waals surface area contributed by atoms with Gasteiger partial charge in [0.2, 0.25) is 0 Å². The topological polar surface area (TPSA) is 146 Å². The first-order valence-electron chi connectivity index (χ1n) is 9.11. The van der Waals surface area contributed by atoms with Gasteiger partial charge in [0, 0.05) is 13.3 Å². The molecule has 4 rings (SSSR count). The lowest BCUT2D eigenvalue weighted by molar-refractivity contribution is 0.0925. The van der Waals surface area contributed by atoms with Gasteiger partial charge in [0.05, 0.1) is 23.3 Å². The molecule has 11 heteroatoms. The second kappa shape index (κ2) is 7.50. The minimum atomic E-state index is -3.37. The van der Waals surface area contributed by atoms with Gasteiger partial charge in [0.1, 0.15) is 17.0 Å². The average molecular weight is 429 g/mol. The molecule has 2 amide bonds. The van der Waals surface area contributed by atoms with Crippen molar-refractivity contribution in [3.05, 3.63) is 59.0 Å². The number of fused-ring (bicyclic) bond motifs is 2. The molecule has 0 spiro atoms. The number of rotatable bonds is 5. The molecule has 0 bridgehead atoms. The lowest BCUT2D eigenvalue weighted by Crippen LogP contribution is -2.34. The molecule has 156 valence electrons. The number of aromatic nitrogens is 3. The number of nitrogens with one attached hydrogen (secondary N) is 1. The van der Waals surface area contributed by atoms with Crippen LogP contribution in [0.15, 0.2) is 41.4 Å². The molecule has 10 nitrogen and oxygen atoms in total. The van der Waals surface area contributed by atoms with Crippen LogP contribution >= 0.6 is 0 Å². The smallest absolute Gasteiger partial charge is 0.270 e. The van der Waals surface area contributed by atoms with Crippen molar-refractivity contribution >= 4 is 27.3 Å². The third-order valence-electron chi connectivity index (χ3n) is 4.96. The van der Waals surface area contributed by atoms with Crippen LogP contribution in [0.5, 0.6) is 0 Å². The van der Waals surface area contributed by atoms with Crippen LogP contribution in [0, 0.1) is 0 Å². The highest BCUT2D eigenvalue weighted by atomic mass is 32.2. The number of benzene rings is 1. The maximum absolute atomic E-state index is 13.0. The largest absolute Gasteiger partial charge is 0.378 e. The van der Waals surface area contributed by atoms with Gasteiger partial charge in [-0.2, -0.15) is 5.10 Å². The minimum absolute atomic E-state index is 0.0244. The molecule has 1 aliphatic rings. The summed E-state index contributed by atoms with van der Waals surface area (Å²) in [5.74, 6) is -1.27. The number of hydrogen-bond acceptors (Lipinski definition) is 7. The molecule has 3 aromatic rings. The van der Waals surface area contributed by atoms with Crippen molar-refractivity contribution in [3.63, 3.8) is 0 Å². The van der Waals surface area contributed by atoms with Crippen LogP contribution in [-0.2, 0) is 21.2 Å². The molecule has 2 aromatic heterocycles. The number of carbonyl (C=O) groups excluding carboxylic acids is 2. The normalized spacial score (nSPS) is 17.4. The van der Waals surface area contributed by atoms with Crippen LogP contribution in [-0.4, -0.2) is 47.7 Å². The number of primary amides is 1. The van der Waals surface area contributed by atoms with Crippen LogP contribution in [0.25, 0.3) is 5.65 Å². The number of ether oxygens (including phenoxy) is 1. The Morgan fingerprint density at radius 1 is 1.30 bits per heavy atom. The highest BCUT2D eigenvalue weighted by Gasteiger charge is 2.31. The second-order valence-electron chi connectivity index (χ2n) is 6.86. The van der Waals surface area contributed by atoms with E-state index in [9.17, 15) is 18.0 Å². The molecule has 0 aliphatic carbocycles. The van der Waals surface area contributed by atoms with E-state index in [1.807, 2.05) is 0 Å².